The molecule has 9 nitrogen and oxygen atoms in total. The summed E-state index contributed by atoms with van der Waals surface area (Å²) < 4.78 is 16.3. The van der Waals surface area contributed by atoms with Gasteiger partial charge < -0.3 is 19.3 Å². The Morgan fingerprint density at radius 1 is 1.43 bits per heavy atom. The Hall–Kier alpha value is -2.68. The van der Waals surface area contributed by atoms with Crippen LogP contribution in [0.3, 0.4) is 0 Å². The van der Waals surface area contributed by atoms with Crippen LogP contribution in [0.5, 0.6) is 0 Å². The molecule has 2 atom stereocenters. The van der Waals surface area contributed by atoms with E-state index in [1.165, 1.54) is 0 Å². The summed E-state index contributed by atoms with van der Waals surface area (Å²) >= 11 is 0. The number of H-pyrrole nitrogens is 1. The second-order valence-electron chi connectivity index (χ2n) is 8.30. The van der Waals surface area contributed by atoms with Crippen LogP contribution >= 0.6 is 0 Å². The van der Waals surface area contributed by atoms with Gasteiger partial charge >= 0.3 is 5.97 Å². The summed E-state index contributed by atoms with van der Waals surface area (Å²) in [5.74, 6) is 0.112. The maximum absolute atomic E-state index is 12.6. The van der Waals surface area contributed by atoms with Crippen molar-refractivity contribution in [2.45, 2.75) is 58.5 Å². The average Bonchev–Trinajstić information content (AvgIpc) is 3.28. The van der Waals surface area contributed by atoms with Crippen molar-refractivity contribution in [3.05, 3.63) is 34.5 Å². The summed E-state index contributed by atoms with van der Waals surface area (Å²) in [6.07, 6.45) is 3.82. The minimum atomic E-state index is -0.340. The molecule has 2 aromatic rings. The molecule has 1 fully saturated rings. The second-order valence-corrected chi connectivity index (χ2v) is 8.30. The van der Waals surface area contributed by atoms with Crippen LogP contribution in [0.2, 0.25) is 0 Å². The van der Waals surface area contributed by atoms with Gasteiger partial charge in [0.1, 0.15) is 12.2 Å². The standard InChI is InChI=1S/C21H28N4O5/c1-3-16-19-17(24-23-16)11-21(12-22-20(19)27)5-7-28-14(10-21)4-6-29-18(26)9-15-8-13(2)25-30-15/h8,14H,3-7,9-12H2,1-2H3,(H,22,27)(H,23,24). The number of aromatic nitrogens is 3. The van der Waals surface area contributed by atoms with Gasteiger partial charge in [-0.25, -0.2) is 0 Å². The number of fused-ring (bicyclic) bond motifs is 1. The first-order chi connectivity index (χ1) is 14.5. The molecule has 1 amide bonds. The highest BCUT2D eigenvalue weighted by atomic mass is 16.5. The largest absolute Gasteiger partial charge is 0.465 e. The van der Waals surface area contributed by atoms with Crippen LogP contribution in [-0.4, -0.2) is 53.1 Å². The molecule has 0 aliphatic carbocycles. The smallest absolute Gasteiger partial charge is 0.313 e. The minimum Gasteiger partial charge on any atom is -0.465 e. The summed E-state index contributed by atoms with van der Waals surface area (Å²) in [5, 5.41) is 14.3. The Labute approximate surface area is 174 Å². The van der Waals surface area contributed by atoms with Crippen LogP contribution < -0.4 is 5.32 Å². The van der Waals surface area contributed by atoms with Gasteiger partial charge in [-0.1, -0.05) is 12.1 Å². The van der Waals surface area contributed by atoms with Crippen LogP contribution in [0.15, 0.2) is 10.6 Å². The van der Waals surface area contributed by atoms with Gasteiger partial charge in [0, 0.05) is 31.3 Å². The average molecular weight is 416 g/mol. The predicted octanol–water partition coefficient (Wildman–Crippen LogP) is 1.90. The molecule has 9 heteroatoms. The summed E-state index contributed by atoms with van der Waals surface area (Å²) in [6.45, 7) is 5.33. The fraction of sp³-hybridized carbons (Fsp3) is 0.619. The number of ether oxygens (including phenoxy) is 2. The molecule has 1 spiro atoms. The molecule has 0 bridgehead atoms. The van der Waals surface area contributed by atoms with E-state index in [1.807, 2.05) is 6.92 Å². The summed E-state index contributed by atoms with van der Waals surface area (Å²) in [5.41, 5.74) is 3.09. The van der Waals surface area contributed by atoms with Gasteiger partial charge in [0.25, 0.3) is 5.91 Å². The number of hydrogen-bond donors (Lipinski definition) is 2. The van der Waals surface area contributed by atoms with Crippen molar-refractivity contribution in [1.82, 2.24) is 20.7 Å². The van der Waals surface area contributed by atoms with Gasteiger partial charge in [0.2, 0.25) is 0 Å². The topological polar surface area (TPSA) is 119 Å². The Kier molecular flexibility index (Phi) is 5.90. The molecule has 1 saturated heterocycles. The Morgan fingerprint density at radius 3 is 3.07 bits per heavy atom. The van der Waals surface area contributed by atoms with E-state index >= 15 is 0 Å². The van der Waals surface area contributed by atoms with Gasteiger partial charge in [-0.2, -0.15) is 5.10 Å². The number of esters is 1. The minimum absolute atomic E-state index is 0.0221. The lowest BCUT2D eigenvalue weighted by atomic mass is 9.74. The van der Waals surface area contributed by atoms with Gasteiger partial charge in [-0.05, 0) is 38.0 Å². The highest BCUT2D eigenvalue weighted by Crippen LogP contribution is 2.39. The zero-order valence-electron chi connectivity index (χ0n) is 17.5. The number of rotatable bonds is 6. The fourth-order valence-electron chi connectivity index (χ4n) is 4.46. The zero-order valence-corrected chi connectivity index (χ0v) is 17.5. The number of nitrogens with zero attached hydrogens (tertiary/aromatic N) is 2. The maximum Gasteiger partial charge on any atom is 0.313 e. The van der Waals surface area contributed by atoms with E-state index in [9.17, 15) is 9.59 Å². The van der Waals surface area contributed by atoms with Crippen molar-refractivity contribution < 1.29 is 23.6 Å². The molecule has 2 unspecified atom stereocenters. The molecule has 162 valence electrons. The van der Waals surface area contributed by atoms with Crippen LogP contribution in [0.25, 0.3) is 0 Å². The van der Waals surface area contributed by atoms with Crippen molar-refractivity contribution >= 4 is 11.9 Å². The van der Waals surface area contributed by atoms with Crippen molar-refractivity contribution in [3.8, 4) is 0 Å². The molecular weight excluding hydrogens is 388 g/mol. The van der Waals surface area contributed by atoms with E-state index < -0.39 is 0 Å². The molecule has 30 heavy (non-hydrogen) atoms. The van der Waals surface area contributed by atoms with E-state index in [0.717, 1.165) is 42.8 Å². The summed E-state index contributed by atoms with van der Waals surface area (Å²) in [6, 6.07) is 1.73. The Bertz CT molecular complexity index is 920. The third-order valence-electron chi connectivity index (χ3n) is 6.00. The molecule has 4 heterocycles. The molecule has 2 aliphatic rings. The van der Waals surface area contributed by atoms with Gasteiger partial charge in [0.05, 0.1) is 29.7 Å². The number of aryl methyl sites for hydroxylation is 2. The first-order valence-corrected chi connectivity index (χ1v) is 10.5. The Morgan fingerprint density at radius 2 is 2.30 bits per heavy atom. The van der Waals surface area contributed by atoms with E-state index in [0.29, 0.717) is 30.9 Å². The zero-order chi connectivity index (χ0) is 21.1. The van der Waals surface area contributed by atoms with Crippen LogP contribution in [-0.2, 0) is 33.5 Å². The molecule has 4 rings (SSSR count). The number of aromatic amines is 1. The van der Waals surface area contributed by atoms with Crippen molar-refractivity contribution in [2.24, 2.45) is 5.41 Å². The van der Waals surface area contributed by atoms with Crippen LogP contribution in [0, 0.1) is 12.3 Å². The third-order valence-corrected chi connectivity index (χ3v) is 6.00. The van der Waals surface area contributed by atoms with E-state index in [1.54, 1.807) is 13.0 Å². The predicted molar refractivity (Wildman–Crippen MR) is 106 cm³/mol. The first-order valence-electron chi connectivity index (χ1n) is 10.5. The normalized spacial score (nSPS) is 23.7. The fourth-order valence-corrected chi connectivity index (χ4v) is 4.46. The number of carbonyl (C=O) groups excluding carboxylic acids is 2. The van der Waals surface area contributed by atoms with Crippen LogP contribution in [0.4, 0.5) is 0 Å². The number of nitrogens with one attached hydrogen (secondary N) is 2. The van der Waals surface area contributed by atoms with Gasteiger partial charge in [-0.15, -0.1) is 0 Å². The second kappa shape index (κ2) is 8.59. The molecule has 0 radical (unpaired) electrons. The SMILES string of the molecule is CCc1n[nH]c2c1C(=O)NCC1(CCOC(CCOC(=O)Cc3cc(C)no3)C1)C2. The molecule has 2 aromatic heterocycles. The highest BCUT2D eigenvalue weighted by Gasteiger charge is 2.41. The van der Waals surface area contributed by atoms with Crippen molar-refractivity contribution in [3.63, 3.8) is 0 Å². The molecule has 0 aromatic carbocycles. The molecule has 2 N–H and O–H groups in total. The van der Waals surface area contributed by atoms with Crippen LogP contribution in [0.1, 0.15) is 59.4 Å². The van der Waals surface area contributed by atoms with Gasteiger partial charge in [0.15, 0.2) is 0 Å². The first kappa shape index (κ1) is 20.6. The lowest BCUT2D eigenvalue weighted by Gasteiger charge is -2.40. The quantitative estimate of drug-likeness (QED) is 0.690. The molecule has 0 saturated carbocycles. The number of amides is 1. The van der Waals surface area contributed by atoms with E-state index in [2.05, 4.69) is 20.7 Å². The van der Waals surface area contributed by atoms with E-state index in [4.69, 9.17) is 14.0 Å². The Balaban J connectivity index is 1.32. The molecular formula is C21H28N4O5. The maximum atomic E-state index is 12.6. The monoisotopic (exact) mass is 416 g/mol. The summed E-state index contributed by atoms with van der Waals surface area (Å²) in [7, 11) is 0. The number of carbonyl (C=O) groups is 2. The lowest BCUT2D eigenvalue weighted by Crippen LogP contribution is -2.44. The van der Waals surface area contributed by atoms with Gasteiger partial charge in [-0.3, -0.25) is 14.7 Å². The number of hydrogen-bond acceptors (Lipinski definition) is 7. The van der Waals surface area contributed by atoms with E-state index in [-0.39, 0.29) is 36.4 Å². The third kappa shape index (κ3) is 4.40. The van der Waals surface area contributed by atoms with Crippen molar-refractivity contribution in [2.75, 3.05) is 19.8 Å². The summed E-state index contributed by atoms with van der Waals surface area (Å²) in [4.78, 5) is 24.6. The highest BCUT2D eigenvalue weighted by molar-refractivity contribution is 5.96. The lowest BCUT2D eigenvalue weighted by molar-refractivity contribution is -0.144. The molecule has 2 aliphatic heterocycles. The van der Waals surface area contributed by atoms with Crippen molar-refractivity contribution in [1.29, 1.82) is 0 Å².